The number of rotatable bonds is 6. The summed E-state index contributed by atoms with van der Waals surface area (Å²) in [6, 6.07) is 114. The van der Waals surface area contributed by atoms with Gasteiger partial charge in [-0.3, -0.25) is 4.57 Å². The second kappa shape index (κ2) is 19.7. The van der Waals surface area contributed by atoms with Crippen LogP contribution in [0.5, 0.6) is 0 Å². The molecule has 0 aliphatic rings. The predicted octanol–water partition coefficient (Wildman–Crippen LogP) is 21.4. The van der Waals surface area contributed by atoms with Crippen LogP contribution >= 0.6 is 0 Å². The van der Waals surface area contributed by atoms with Gasteiger partial charge in [-0.1, -0.05) is 188 Å². The summed E-state index contributed by atoms with van der Waals surface area (Å²) in [5, 5.41) is 15.0. The highest BCUT2D eigenvalue weighted by Gasteiger charge is 2.21. The van der Waals surface area contributed by atoms with Crippen molar-refractivity contribution in [3.05, 3.63) is 322 Å². The Morgan fingerprint density at radius 2 is 0.378 bits per heavy atom. The van der Waals surface area contributed by atoms with Gasteiger partial charge in [-0.05, 0) is 127 Å². The zero-order valence-electron chi connectivity index (χ0n) is 48.7. The summed E-state index contributed by atoms with van der Waals surface area (Å²) < 4.78 is 14.2. The van der Waals surface area contributed by atoms with Gasteiger partial charge in [0.15, 0.2) is 0 Å². The molecule has 0 atom stereocenters. The molecular formula is C83H53N7. The van der Waals surface area contributed by atoms with Crippen molar-refractivity contribution in [1.82, 2.24) is 32.4 Å². The molecule has 0 saturated carbocycles. The van der Waals surface area contributed by atoms with E-state index in [-0.39, 0.29) is 0 Å². The number of hydrogen-bond acceptors (Lipinski definition) is 1. The maximum atomic E-state index is 5.06. The Hall–Kier alpha value is -12.2. The Labute approximate surface area is 516 Å². The molecule has 0 saturated heterocycles. The van der Waals surface area contributed by atoms with Gasteiger partial charge < -0.3 is 22.8 Å². The molecule has 0 aliphatic heterocycles. The minimum atomic E-state index is 0.908. The van der Waals surface area contributed by atoms with Crippen molar-refractivity contribution in [3.8, 4) is 34.3 Å². The highest BCUT2D eigenvalue weighted by atomic mass is 15.1. The molecule has 20 rings (SSSR count). The normalized spacial score (nSPS) is 12.0. The Kier molecular flexibility index (Phi) is 10.9. The van der Waals surface area contributed by atoms with Crippen LogP contribution in [-0.4, -0.2) is 32.4 Å². The zero-order chi connectivity index (χ0) is 59.0. The van der Waals surface area contributed by atoms with Crippen molar-refractivity contribution in [3.63, 3.8) is 0 Å². The third-order valence-electron chi connectivity index (χ3n) is 18.7. The van der Waals surface area contributed by atoms with Crippen LogP contribution in [0.25, 0.3) is 165 Å². The third-order valence-corrected chi connectivity index (χ3v) is 18.7. The topological polar surface area (TPSA) is 42.5 Å². The van der Waals surface area contributed by atoms with E-state index in [9.17, 15) is 0 Å². The van der Waals surface area contributed by atoms with E-state index in [2.05, 4.69) is 343 Å². The number of pyridine rings is 1. The van der Waals surface area contributed by atoms with E-state index in [1.54, 1.807) is 0 Å². The van der Waals surface area contributed by atoms with E-state index < -0.39 is 0 Å². The van der Waals surface area contributed by atoms with Crippen molar-refractivity contribution in [2.75, 3.05) is 0 Å². The average Bonchev–Trinajstić information content (AvgIpc) is 1.64. The van der Waals surface area contributed by atoms with E-state index in [1.807, 2.05) is 6.20 Å². The molecule has 0 amide bonds. The number of nitrogens with zero attached hydrogens (tertiary/aromatic N) is 7. The molecule has 90 heavy (non-hydrogen) atoms. The third kappa shape index (κ3) is 7.38. The molecule has 0 aliphatic carbocycles. The molecule has 7 heteroatoms. The summed E-state index contributed by atoms with van der Waals surface area (Å²) in [6.45, 7) is 0. The van der Waals surface area contributed by atoms with E-state index in [0.717, 1.165) is 45.1 Å². The first-order chi connectivity index (χ1) is 44.7. The molecule has 7 aromatic heterocycles. The monoisotopic (exact) mass is 1150 g/mol. The average molecular weight is 1150 g/mol. The largest absolute Gasteiger partial charge is 0.309 e. The number of fused-ring (bicyclic) bond motifs is 18. The molecule has 0 radical (unpaired) electrons. The number of para-hydroxylation sites is 10. The van der Waals surface area contributed by atoms with Crippen molar-refractivity contribution in [1.29, 1.82) is 0 Å². The summed E-state index contributed by atoms with van der Waals surface area (Å²) in [6.07, 6.45) is 2.01. The van der Waals surface area contributed by atoms with Gasteiger partial charge in [0.25, 0.3) is 0 Å². The van der Waals surface area contributed by atoms with Crippen LogP contribution in [0.4, 0.5) is 0 Å². The summed E-state index contributed by atoms with van der Waals surface area (Å²) in [4.78, 5) is 5.06. The van der Waals surface area contributed by atoms with Crippen LogP contribution in [0.2, 0.25) is 0 Å². The highest BCUT2D eigenvalue weighted by Crippen LogP contribution is 2.41. The molecule has 13 aromatic carbocycles. The van der Waals surface area contributed by atoms with Gasteiger partial charge in [0.2, 0.25) is 0 Å². The zero-order valence-corrected chi connectivity index (χ0v) is 48.7. The molecule has 0 bridgehead atoms. The van der Waals surface area contributed by atoms with E-state index in [0.29, 0.717) is 0 Å². The van der Waals surface area contributed by atoms with Gasteiger partial charge in [0.1, 0.15) is 5.82 Å². The SMILES string of the molecule is c1cc(-n2c3ccccc3c3ccccc32)cc(-n2c3ccccc3c3cc(-n4c5ccccc5c5ccccc54)ccc32)c1.c1ccc2c(c1)c1ccccc1n2-c1ccc2c(c1)c1ccccc1n2-c1ccc(-n2c3ccccc3c3ccccc32)nc1. The van der Waals surface area contributed by atoms with Crippen LogP contribution in [0.1, 0.15) is 0 Å². The lowest BCUT2D eigenvalue weighted by atomic mass is 10.1. The van der Waals surface area contributed by atoms with Crippen LogP contribution in [-0.2, 0) is 0 Å². The number of benzene rings is 13. The van der Waals surface area contributed by atoms with Gasteiger partial charge in [-0.15, -0.1) is 0 Å². The van der Waals surface area contributed by atoms with Crippen molar-refractivity contribution < 1.29 is 0 Å². The number of aromatic nitrogens is 7. The summed E-state index contributed by atoms with van der Waals surface area (Å²) >= 11 is 0. The van der Waals surface area contributed by atoms with Gasteiger partial charge >= 0.3 is 0 Å². The van der Waals surface area contributed by atoms with E-state index >= 15 is 0 Å². The molecule has 7 heterocycles. The first-order valence-electron chi connectivity index (χ1n) is 30.8. The Balaban J connectivity index is 0.000000130. The molecule has 7 nitrogen and oxygen atoms in total. The minimum absolute atomic E-state index is 0.908. The molecule has 0 fully saturated rings. The standard InChI is InChI=1S/C42H27N3.C41H26N4/c1-6-19-37-31(14-1)32-15-2-7-20-38(32)43(37)28-12-11-13-29(26-28)44-41-23-10-5-18-35(41)36-27-30(24-25-42(36)44)45-39-21-8-3-16-33(39)34-17-4-9-22-40(34)45;1-6-16-35-29(11-1)30-12-2-7-17-36(30)43(35)27-21-23-40-34(25-27)33-15-5-8-18-37(33)44(40)28-22-24-41(42-26-28)45-38-19-9-3-13-31(38)32-14-4-10-20-39(32)45/h1-27H;1-26H. The maximum Gasteiger partial charge on any atom is 0.137 e. The summed E-state index contributed by atoms with van der Waals surface area (Å²) in [7, 11) is 0. The van der Waals surface area contributed by atoms with Crippen molar-refractivity contribution >= 4 is 131 Å². The minimum Gasteiger partial charge on any atom is -0.309 e. The second-order valence-corrected chi connectivity index (χ2v) is 23.5. The Bertz CT molecular complexity index is 6080. The lowest BCUT2D eigenvalue weighted by Gasteiger charge is -2.13. The van der Waals surface area contributed by atoms with Gasteiger partial charge in [0.05, 0.1) is 78.1 Å². The highest BCUT2D eigenvalue weighted by molar-refractivity contribution is 6.15. The van der Waals surface area contributed by atoms with Gasteiger partial charge in [-0.2, -0.15) is 0 Å². The van der Waals surface area contributed by atoms with Crippen molar-refractivity contribution in [2.24, 2.45) is 0 Å². The molecule has 0 N–H and O–H groups in total. The van der Waals surface area contributed by atoms with Crippen LogP contribution in [0.3, 0.4) is 0 Å². The lowest BCUT2D eigenvalue weighted by Crippen LogP contribution is -2.00. The van der Waals surface area contributed by atoms with E-state index in [4.69, 9.17) is 4.98 Å². The molecular weight excluding hydrogens is 1090 g/mol. The summed E-state index contributed by atoms with van der Waals surface area (Å²) in [5.41, 5.74) is 20.0. The fraction of sp³-hybridized carbons (Fsp3) is 0. The Morgan fingerprint density at radius 1 is 0.156 bits per heavy atom. The van der Waals surface area contributed by atoms with Gasteiger partial charge in [-0.25, -0.2) is 4.98 Å². The summed E-state index contributed by atoms with van der Waals surface area (Å²) in [5.74, 6) is 0.908. The van der Waals surface area contributed by atoms with Crippen LogP contribution in [0.15, 0.2) is 322 Å². The van der Waals surface area contributed by atoms with Gasteiger partial charge in [0, 0.05) is 87.4 Å². The molecule has 0 spiro atoms. The van der Waals surface area contributed by atoms with Crippen LogP contribution in [0, 0.1) is 0 Å². The smallest absolute Gasteiger partial charge is 0.137 e. The van der Waals surface area contributed by atoms with Crippen molar-refractivity contribution in [2.45, 2.75) is 0 Å². The quantitative estimate of drug-likeness (QED) is 0.164. The van der Waals surface area contributed by atoms with E-state index in [1.165, 1.54) is 120 Å². The lowest BCUT2D eigenvalue weighted by molar-refractivity contribution is 1.05. The predicted molar refractivity (Wildman–Crippen MR) is 377 cm³/mol. The fourth-order valence-electron chi connectivity index (χ4n) is 14.9. The first-order valence-corrected chi connectivity index (χ1v) is 30.8. The first kappa shape index (κ1) is 50.0. The Morgan fingerprint density at radius 3 is 0.656 bits per heavy atom. The fourth-order valence-corrected chi connectivity index (χ4v) is 14.9. The molecule has 420 valence electrons. The van der Waals surface area contributed by atoms with Crippen LogP contribution < -0.4 is 0 Å². The number of hydrogen-bond donors (Lipinski definition) is 0. The second-order valence-electron chi connectivity index (χ2n) is 23.5. The molecule has 0 unspecified atom stereocenters. The maximum absolute atomic E-state index is 5.06. The molecule has 20 aromatic rings.